The summed E-state index contributed by atoms with van der Waals surface area (Å²) in [5, 5.41) is 13.9. The van der Waals surface area contributed by atoms with E-state index in [4.69, 9.17) is 15.2 Å². The van der Waals surface area contributed by atoms with Gasteiger partial charge in [0.25, 0.3) is 0 Å². The molecule has 144 valence electrons. The minimum Gasteiger partial charge on any atom is -0.490 e. The molecule has 0 bridgehead atoms. The molecule has 1 fully saturated rings. The van der Waals surface area contributed by atoms with Gasteiger partial charge < -0.3 is 25.2 Å². The number of carbonyl (C=O) groups is 1. The second-order valence-corrected chi connectivity index (χ2v) is 6.00. The summed E-state index contributed by atoms with van der Waals surface area (Å²) in [6.45, 7) is 4.78. The molecule has 0 spiro atoms. The number of rotatable bonds is 6. The second kappa shape index (κ2) is 7.62. The first kappa shape index (κ1) is 18.6. The Kier molecular flexibility index (Phi) is 5.26. The first-order chi connectivity index (χ1) is 12.9. The predicted molar refractivity (Wildman–Crippen MR) is 98.7 cm³/mol. The number of ether oxygens (including phenoxy) is 2. The maximum Gasteiger partial charge on any atom is 0.330 e. The Hall–Kier alpha value is -3.14. The molecule has 10 nitrogen and oxygen atoms in total. The molecular weight excluding hydrogens is 352 g/mol. The summed E-state index contributed by atoms with van der Waals surface area (Å²) < 4.78 is 12.0. The second-order valence-electron chi connectivity index (χ2n) is 6.00. The molecule has 0 atom stereocenters. The lowest BCUT2D eigenvalue weighted by molar-refractivity contribution is -0.137. The van der Waals surface area contributed by atoms with E-state index < -0.39 is 12.1 Å². The quantitative estimate of drug-likeness (QED) is 0.542. The van der Waals surface area contributed by atoms with Crippen LogP contribution in [0.15, 0.2) is 12.3 Å². The first-order valence-corrected chi connectivity index (χ1v) is 8.49. The molecule has 1 saturated heterocycles. The van der Waals surface area contributed by atoms with Gasteiger partial charge in [-0.3, -0.25) is 0 Å². The zero-order chi connectivity index (χ0) is 19.6. The van der Waals surface area contributed by atoms with E-state index >= 15 is 0 Å². The van der Waals surface area contributed by atoms with Crippen molar-refractivity contribution in [1.29, 1.82) is 0 Å². The van der Waals surface area contributed by atoms with Crippen LogP contribution in [0.2, 0.25) is 0 Å². The average molecular weight is 374 g/mol. The maximum absolute atomic E-state index is 11.5. The van der Waals surface area contributed by atoms with Crippen LogP contribution in [0.5, 0.6) is 5.75 Å². The number of hydrogen-bond acceptors (Lipinski definition) is 9. The van der Waals surface area contributed by atoms with Crippen molar-refractivity contribution in [2.75, 3.05) is 37.4 Å². The van der Waals surface area contributed by atoms with Gasteiger partial charge in [-0.2, -0.15) is 15.1 Å². The van der Waals surface area contributed by atoms with Crippen molar-refractivity contribution >= 4 is 23.8 Å². The number of hydrogen-bond donors (Lipinski definition) is 2. The molecule has 0 saturated carbocycles. The van der Waals surface area contributed by atoms with Gasteiger partial charge in [-0.1, -0.05) is 0 Å². The van der Waals surface area contributed by atoms with Gasteiger partial charge in [0.15, 0.2) is 5.82 Å². The molecule has 3 heterocycles. The fourth-order valence-electron chi connectivity index (χ4n) is 2.76. The number of anilines is 2. The lowest BCUT2D eigenvalue weighted by atomic mass is 10.1. The van der Waals surface area contributed by atoms with Gasteiger partial charge in [-0.15, -0.1) is 0 Å². The average Bonchev–Trinajstić information content (AvgIpc) is 2.97. The number of nitrogens with zero attached hydrogens (tertiary/aromatic N) is 5. The van der Waals surface area contributed by atoms with Crippen LogP contribution in [0.3, 0.4) is 0 Å². The minimum atomic E-state index is -0.424. The summed E-state index contributed by atoms with van der Waals surface area (Å²) in [6, 6.07) is 0. The minimum absolute atomic E-state index is 0.0701. The zero-order valence-electron chi connectivity index (χ0n) is 15.4. The molecule has 2 aromatic rings. The largest absolute Gasteiger partial charge is 0.490 e. The summed E-state index contributed by atoms with van der Waals surface area (Å²) in [6.07, 6.45) is 4.17. The standard InChI is InChI=1S/C17H22N6O4/c1-4-27-13(25)6-5-11-7-19-23(10(11)2)16-14(26-3)15(20-17(18)21-16)22-8-12(24)9-22/h5-7,12,24H,4,8-9H2,1-3H3,(H2,18,20,21)/b6-5+. The number of carbonyl (C=O) groups excluding carboxylic acids is 1. The highest BCUT2D eigenvalue weighted by Gasteiger charge is 2.31. The van der Waals surface area contributed by atoms with Gasteiger partial charge >= 0.3 is 5.97 Å². The van der Waals surface area contributed by atoms with E-state index in [0.717, 1.165) is 11.3 Å². The SMILES string of the molecule is CCOC(=O)/C=C/c1cnn(-c2nc(N)nc(N3CC(O)C3)c2OC)c1C. The van der Waals surface area contributed by atoms with Crippen LogP contribution in [0.25, 0.3) is 11.9 Å². The van der Waals surface area contributed by atoms with Crippen LogP contribution < -0.4 is 15.4 Å². The molecule has 10 heteroatoms. The van der Waals surface area contributed by atoms with Gasteiger partial charge in [0.1, 0.15) is 0 Å². The predicted octanol–water partition coefficient (Wildman–Crippen LogP) is 0.319. The van der Waals surface area contributed by atoms with Crippen LogP contribution in [-0.2, 0) is 9.53 Å². The number of aromatic nitrogens is 4. The lowest BCUT2D eigenvalue weighted by Gasteiger charge is -2.37. The zero-order valence-corrected chi connectivity index (χ0v) is 15.4. The van der Waals surface area contributed by atoms with Crippen molar-refractivity contribution in [3.8, 4) is 11.6 Å². The Bertz CT molecular complexity index is 873. The molecule has 0 aliphatic carbocycles. The molecule has 1 aliphatic heterocycles. The number of aliphatic hydroxyl groups excluding tert-OH is 1. The normalized spacial score (nSPS) is 14.4. The topological polar surface area (TPSA) is 129 Å². The number of nitrogen functional groups attached to an aromatic ring is 1. The fourth-order valence-corrected chi connectivity index (χ4v) is 2.76. The van der Waals surface area contributed by atoms with Gasteiger partial charge in [0.05, 0.1) is 31.7 Å². The Balaban J connectivity index is 1.98. The van der Waals surface area contributed by atoms with Gasteiger partial charge in [-0.05, 0) is 19.9 Å². The van der Waals surface area contributed by atoms with Crippen molar-refractivity contribution in [1.82, 2.24) is 19.7 Å². The molecule has 2 aromatic heterocycles. The molecule has 0 aromatic carbocycles. The Morgan fingerprint density at radius 2 is 2.11 bits per heavy atom. The van der Waals surface area contributed by atoms with Crippen LogP contribution in [0.4, 0.5) is 11.8 Å². The van der Waals surface area contributed by atoms with Crippen LogP contribution in [-0.4, -0.2) is 63.7 Å². The summed E-state index contributed by atoms with van der Waals surface area (Å²) in [7, 11) is 1.51. The van der Waals surface area contributed by atoms with Crippen molar-refractivity contribution in [3.05, 3.63) is 23.5 Å². The van der Waals surface area contributed by atoms with Crippen molar-refractivity contribution in [2.45, 2.75) is 20.0 Å². The van der Waals surface area contributed by atoms with Gasteiger partial charge in [0.2, 0.25) is 17.5 Å². The molecule has 27 heavy (non-hydrogen) atoms. The van der Waals surface area contributed by atoms with E-state index in [-0.39, 0.29) is 5.95 Å². The van der Waals surface area contributed by atoms with Crippen LogP contribution in [0.1, 0.15) is 18.2 Å². The Morgan fingerprint density at radius 3 is 2.74 bits per heavy atom. The van der Waals surface area contributed by atoms with E-state index in [0.29, 0.717) is 37.1 Å². The van der Waals surface area contributed by atoms with E-state index in [1.165, 1.54) is 13.2 Å². The summed E-state index contributed by atoms with van der Waals surface area (Å²) in [5.41, 5.74) is 7.34. The highest BCUT2D eigenvalue weighted by Crippen LogP contribution is 2.35. The maximum atomic E-state index is 11.5. The van der Waals surface area contributed by atoms with Crippen molar-refractivity contribution in [2.24, 2.45) is 0 Å². The molecule has 3 rings (SSSR count). The summed E-state index contributed by atoms with van der Waals surface area (Å²) in [5.74, 6) is 0.939. The number of esters is 1. The summed E-state index contributed by atoms with van der Waals surface area (Å²) >= 11 is 0. The third-order valence-corrected chi connectivity index (χ3v) is 4.15. The van der Waals surface area contributed by atoms with Crippen molar-refractivity contribution in [3.63, 3.8) is 0 Å². The highest BCUT2D eigenvalue weighted by atomic mass is 16.5. The third kappa shape index (κ3) is 3.70. The Labute approximate surface area is 156 Å². The smallest absolute Gasteiger partial charge is 0.330 e. The van der Waals surface area contributed by atoms with E-state index in [1.807, 2.05) is 11.8 Å². The van der Waals surface area contributed by atoms with E-state index in [1.54, 1.807) is 23.9 Å². The molecule has 0 unspecified atom stereocenters. The fraction of sp³-hybridized carbons (Fsp3) is 0.412. The monoisotopic (exact) mass is 374 g/mol. The van der Waals surface area contributed by atoms with Crippen LogP contribution >= 0.6 is 0 Å². The third-order valence-electron chi connectivity index (χ3n) is 4.15. The Morgan fingerprint density at radius 1 is 1.41 bits per heavy atom. The van der Waals surface area contributed by atoms with Crippen LogP contribution in [0, 0.1) is 6.92 Å². The molecule has 1 aliphatic rings. The summed E-state index contributed by atoms with van der Waals surface area (Å²) in [4.78, 5) is 21.9. The first-order valence-electron chi connectivity index (χ1n) is 8.49. The molecular formula is C17H22N6O4. The lowest BCUT2D eigenvalue weighted by Crippen LogP contribution is -2.51. The van der Waals surface area contributed by atoms with E-state index in [9.17, 15) is 9.90 Å². The molecule has 3 N–H and O–H groups in total. The molecule has 0 radical (unpaired) electrons. The highest BCUT2D eigenvalue weighted by molar-refractivity contribution is 5.87. The van der Waals surface area contributed by atoms with Gasteiger partial charge in [-0.25, -0.2) is 9.48 Å². The number of β-amino-alcohol motifs (C(OH)–C–C–N with tert-alkyl or cyclic N) is 1. The molecule has 0 amide bonds. The number of aliphatic hydroxyl groups is 1. The number of nitrogens with two attached hydrogens (primary N) is 1. The van der Waals surface area contributed by atoms with E-state index in [2.05, 4.69) is 15.1 Å². The number of methoxy groups -OCH3 is 1. The van der Waals surface area contributed by atoms with Gasteiger partial charge in [0, 0.05) is 24.7 Å². The van der Waals surface area contributed by atoms with Crippen molar-refractivity contribution < 1.29 is 19.4 Å².